The maximum atomic E-state index is 12.7. The quantitative estimate of drug-likeness (QED) is 0.459. The van der Waals surface area contributed by atoms with Crippen LogP contribution in [0, 0.1) is 6.92 Å². The summed E-state index contributed by atoms with van der Waals surface area (Å²) in [4.78, 5) is 13.9. The van der Waals surface area contributed by atoms with Gasteiger partial charge < -0.3 is 10.1 Å². The van der Waals surface area contributed by atoms with E-state index in [1.807, 2.05) is 43.3 Å². The molecular weight excluding hydrogens is 444 g/mol. The molecule has 0 atom stereocenters. The van der Waals surface area contributed by atoms with Crippen LogP contribution >= 0.6 is 11.8 Å². The lowest BCUT2D eigenvalue weighted by atomic mass is 10.1. The van der Waals surface area contributed by atoms with Crippen LogP contribution < -0.4 is 14.4 Å². The van der Waals surface area contributed by atoms with Gasteiger partial charge in [-0.25, -0.2) is 8.42 Å². The largest absolute Gasteiger partial charge is 0.495 e. The summed E-state index contributed by atoms with van der Waals surface area (Å²) < 4.78 is 31.1. The lowest BCUT2D eigenvalue weighted by Gasteiger charge is -2.23. The smallest absolute Gasteiger partial charge is 0.245 e. The number of anilines is 2. The molecule has 0 aliphatic rings. The highest BCUT2D eigenvalue weighted by atomic mass is 32.2. The topological polar surface area (TPSA) is 75.7 Å². The predicted molar refractivity (Wildman–Crippen MR) is 131 cm³/mol. The van der Waals surface area contributed by atoms with Gasteiger partial charge in [-0.2, -0.15) is 0 Å². The van der Waals surface area contributed by atoms with Crippen LogP contribution in [-0.2, 0) is 20.6 Å². The minimum Gasteiger partial charge on any atom is -0.495 e. The normalized spacial score (nSPS) is 11.1. The molecule has 1 N–H and O–H groups in total. The number of ether oxygens (including phenoxy) is 1. The van der Waals surface area contributed by atoms with Gasteiger partial charge in [0.05, 0.1) is 19.1 Å². The molecule has 8 heteroatoms. The lowest BCUT2D eigenvalue weighted by Crippen LogP contribution is -2.37. The van der Waals surface area contributed by atoms with Crippen molar-refractivity contribution in [3.8, 4) is 5.75 Å². The predicted octanol–water partition coefficient (Wildman–Crippen LogP) is 4.70. The first kappa shape index (κ1) is 23.7. The number of aryl methyl sites for hydroxylation is 1. The molecule has 0 radical (unpaired) electrons. The highest BCUT2D eigenvalue weighted by molar-refractivity contribution is 7.98. The van der Waals surface area contributed by atoms with Crippen molar-refractivity contribution in [2.45, 2.75) is 17.6 Å². The molecule has 168 valence electrons. The van der Waals surface area contributed by atoms with Gasteiger partial charge in [-0.1, -0.05) is 42.5 Å². The molecule has 3 aromatic rings. The first-order valence-electron chi connectivity index (χ1n) is 9.96. The lowest BCUT2D eigenvalue weighted by molar-refractivity contribution is -0.114. The van der Waals surface area contributed by atoms with Gasteiger partial charge in [-0.15, -0.1) is 11.8 Å². The van der Waals surface area contributed by atoms with Crippen molar-refractivity contribution < 1.29 is 17.9 Å². The molecule has 0 aliphatic carbocycles. The van der Waals surface area contributed by atoms with Gasteiger partial charge >= 0.3 is 0 Å². The third kappa shape index (κ3) is 6.27. The summed E-state index contributed by atoms with van der Waals surface area (Å²) in [6, 6.07) is 22.7. The van der Waals surface area contributed by atoms with Crippen molar-refractivity contribution in [1.82, 2.24) is 0 Å². The Morgan fingerprint density at radius 3 is 2.38 bits per heavy atom. The van der Waals surface area contributed by atoms with Gasteiger partial charge in [0.2, 0.25) is 15.9 Å². The van der Waals surface area contributed by atoms with Crippen molar-refractivity contribution in [2.75, 3.05) is 29.5 Å². The van der Waals surface area contributed by atoms with Crippen molar-refractivity contribution in [3.63, 3.8) is 0 Å². The summed E-state index contributed by atoms with van der Waals surface area (Å²) in [6.07, 6.45) is 1.07. The van der Waals surface area contributed by atoms with Gasteiger partial charge in [0, 0.05) is 16.3 Å². The molecule has 6 nitrogen and oxygen atoms in total. The molecule has 1 amide bonds. The number of hydrogen-bond donors (Lipinski definition) is 1. The van der Waals surface area contributed by atoms with Crippen molar-refractivity contribution in [3.05, 3.63) is 83.9 Å². The molecule has 0 saturated heterocycles. The highest BCUT2D eigenvalue weighted by Crippen LogP contribution is 2.29. The number of benzene rings is 3. The summed E-state index contributed by atoms with van der Waals surface area (Å²) in [6.45, 7) is 1.56. The standard InChI is InChI=1S/C24H26N2O4S2/c1-18-15-19(17-31-20-9-5-4-6-10-20)13-14-21(18)25-24(27)16-26(32(3,28)29)22-11-7-8-12-23(22)30-2/h4-15H,16-17H2,1-3H3,(H,25,27). The average Bonchev–Trinajstić information content (AvgIpc) is 2.77. The van der Waals surface area contributed by atoms with Crippen LogP contribution in [0.3, 0.4) is 0 Å². The Bertz CT molecular complexity index is 1180. The van der Waals surface area contributed by atoms with Crippen LogP contribution in [0.15, 0.2) is 77.7 Å². The minimum atomic E-state index is -3.70. The summed E-state index contributed by atoms with van der Waals surface area (Å²) in [5.41, 5.74) is 3.02. The van der Waals surface area contributed by atoms with Crippen molar-refractivity contribution >= 4 is 39.1 Å². The summed E-state index contributed by atoms with van der Waals surface area (Å²) in [5, 5.41) is 2.83. The number of methoxy groups -OCH3 is 1. The molecule has 0 fully saturated rings. The third-order valence-electron chi connectivity index (χ3n) is 4.76. The fraction of sp³-hybridized carbons (Fsp3) is 0.208. The summed E-state index contributed by atoms with van der Waals surface area (Å²) in [7, 11) is -2.24. The maximum absolute atomic E-state index is 12.7. The second kappa shape index (κ2) is 10.6. The van der Waals surface area contributed by atoms with E-state index in [1.165, 1.54) is 12.0 Å². The van der Waals surface area contributed by atoms with Gasteiger partial charge in [-0.3, -0.25) is 9.10 Å². The molecule has 0 saturated carbocycles. The number of carbonyl (C=O) groups excluding carboxylic acids is 1. The number of sulfonamides is 1. The van der Waals surface area contributed by atoms with Crippen LogP contribution in [0.1, 0.15) is 11.1 Å². The molecule has 0 spiro atoms. The molecule has 0 aromatic heterocycles. The van der Waals surface area contributed by atoms with Gasteiger partial charge in [0.1, 0.15) is 12.3 Å². The van der Waals surface area contributed by atoms with Crippen LogP contribution in [0.2, 0.25) is 0 Å². The maximum Gasteiger partial charge on any atom is 0.245 e. The van der Waals surface area contributed by atoms with E-state index in [4.69, 9.17) is 4.74 Å². The molecule has 0 unspecified atom stereocenters. The van der Waals surface area contributed by atoms with Crippen LogP contribution in [0.4, 0.5) is 11.4 Å². The fourth-order valence-electron chi connectivity index (χ4n) is 3.18. The molecule has 3 aromatic carbocycles. The number of carbonyl (C=O) groups is 1. The first-order valence-corrected chi connectivity index (χ1v) is 12.8. The van der Waals surface area contributed by atoms with Gasteiger partial charge in [0.25, 0.3) is 0 Å². The third-order valence-corrected chi connectivity index (χ3v) is 6.96. The zero-order chi connectivity index (χ0) is 23.1. The second-order valence-electron chi connectivity index (χ2n) is 7.24. The Balaban J connectivity index is 1.70. The number of rotatable bonds is 9. The number of nitrogens with one attached hydrogen (secondary N) is 1. The van der Waals surface area contributed by atoms with Crippen LogP contribution in [0.25, 0.3) is 0 Å². The Hall–Kier alpha value is -2.97. The molecule has 32 heavy (non-hydrogen) atoms. The van der Waals surface area contributed by atoms with E-state index in [0.29, 0.717) is 17.1 Å². The highest BCUT2D eigenvalue weighted by Gasteiger charge is 2.24. The Morgan fingerprint density at radius 1 is 1.03 bits per heavy atom. The molecule has 0 heterocycles. The molecular formula is C24H26N2O4S2. The molecule has 0 aliphatic heterocycles. The van der Waals surface area contributed by atoms with Crippen LogP contribution in [0.5, 0.6) is 5.75 Å². The van der Waals surface area contributed by atoms with E-state index in [9.17, 15) is 13.2 Å². The average molecular weight is 471 g/mol. The molecule has 0 bridgehead atoms. The monoisotopic (exact) mass is 470 g/mol. The van der Waals surface area contributed by atoms with E-state index >= 15 is 0 Å². The number of hydrogen-bond acceptors (Lipinski definition) is 5. The van der Waals surface area contributed by atoms with E-state index in [0.717, 1.165) is 27.4 Å². The fourth-order valence-corrected chi connectivity index (χ4v) is 4.90. The first-order chi connectivity index (χ1) is 15.3. The minimum absolute atomic E-state index is 0.317. The summed E-state index contributed by atoms with van der Waals surface area (Å²) >= 11 is 1.74. The van der Waals surface area contributed by atoms with Crippen molar-refractivity contribution in [2.24, 2.45) is 0 Å². The van der Waals surface area contributed by atoms with Gasteiger partial charge in [0.15, 0.2) is 0 Å². The molecule has 3 rings (SSSR count). The number of thioether (sulfide) groups is 1. The zero-order valence-electron chi connectivity index (χ0n) is 18.2. The SMILES string of the molecule is COc1ccccc1N(CC(=O)Nc1ccc(CSc2ccccc2)cc1C)S(C)(=O)=O. The van der Waals surface area contributed by atoms with E-state index in [2.05, 4.69) is 17.4 Å². The number of amides is 1. The number of nitrogens with zero attached hydrogens (tertiary/aromatic N) is 1. The summed E-state index contributed by atoms with van der Waals surface area (Å²) in [5.74, 6) is 0.757. The Labute approximate surface area is 193 Å². The van der Waals surface area contributed by atoms with E-state index < -0.39 is 15.9 Å². The second-order valence-corrected chi connectivity index (χ2v) is 10.2. The van der Waals surface area contributed by atoms with E-state index in [-0.39, 0.29) is 6.54 Å². The van der Waals surface area contributed by atoms with Crippen molar-refractivity contribution in [1.29, 1.82) is 0 Å². The zero-order valence-corrected chi connectivity index (χ0v) is 19.9. The number of para-hydroxylation sites is 2. The Kier molecular flexibility index (Phi) is 7.82. The van der Waals surface area contributed by atoms with Crippen LogP contribution in [-0.4, -0.2) is 34.2 Å². The Morgan fingerprint density at radius 2 is 1.72 bits per heavy atom. The van der Waals surface area contributed by atoms with E-state index in [1.54, 1.807) is 36.0 Å². The van der Waals surface area contributed by atoms with Gasteiger partial charge in [-0.05, 0) is 48.4 Å².